The highest BCUT2D eigenvalue weighted by molar-refractivity contribution is 7.89. The summed E-state index contributed by atoms with van der Waals surface area (Å²) < 4.78 is 48.2. The molecule has 2 heterocycles. The Bertz CT molecular complexity index is 729. The zero-order valence-electron chi connectivity index (χ0n) is 14.4. The van der Waals surface area contributed by atoms with Crippen molar-refractivity contribution in [2.75, 3.05) is 26.0 Å². The molecule has 0 aromatic heterocycles. The predicted molar refractivity (Wildman–Crippen MR) is 96.8 cm³/mol. The van der Waals surface area contributed by atoms with Gasteiger partial charge >= 0.3 is 0 Å². The molecular weight excluding hydrogens is 362 g/mol. The van der Waals surface area contributed by atoms with Crippen LogP contribution in [-0.2, 0) is 16.1 Å². The van der Waals surface area contributed by atoms with Gasteiger partial charge in [-0.1, -0.05) is 4.40 Å². The molecule has 1 aromatic carbocycles. The summed E-state index contributed by atoms with van der Waals surface area (Å²) in [5.74, 6) is -1.04. The van der Waals surface area contributed by atoms with Gasteiger partial charge in [0.1, 0.15) is 24.0 Å². The molecular formula is C17H22F2N4O2S. The van der Waals surface area contributed by atoms with Gasteiger partial charge < -0.3 is 20.8 Å². The maximum absolute atomic E-state index is 14.0. The van der Waals surface area contributed by atoms with Crippen LogP contribution in [0.3, 0.4) is 0 Å². The number of rotatable bonds is 4. The van der Waals surface area contributed by atoms with Crippen molar-refractivity contribution in [2.24, 2.45) is 15.9 Å². The first-order chi connectivity index (χ1) is 12.3. The highest BCUT2D eigenvalue weighted by Crippen LogP contribution is 2.32. The van der Waals surface area contributed by atoms with Gasteiger partial charge in [-0.25, -0.2) is 8.78 Å². The molecule has 142 valence electrons. The van der Waals surface area contributed by atoms with Crippen LogP contribution < -0.4 is 11.5 Å². The van der Waals surface area contributed by atoms with Crippen molar-refractivity contribution in [1.29, 1.82) is 0 Å². The lowest BCUT2D eigenvalue weighted by Gasteiger charge is -2.38. The van der Waals surface area contributed by atoms with Crippen LogP contribution in [-0.4, -0.2) is 53.7 Å². The number of hydrogen-bond acceptors (Lipinski definition) is 6. The molecule has 0 aliphatic carbocycles. The second-order valence-electron chi connectivity index (χ2n) is 6.59. The maximum atomic E-state index is 14.0. The smallest absolute Gasteiger partial charge is 0.129 e. The summed E-state index contributed by atoms with van der Waals surface area (Å²) >= 11 is -1.28. The Kier molecular flexibility index (Phi) is 5.93. The van der Waals surface area contributed by atoms with E-state index in [1.807, 2.05) is 0 Å². The second-order valence-corrected chi connectivity index (χ2v) is 7.65. The zero-order chi connectivity index (χ0) is 18.8. The standard InChI is InChI=1S/C17H22F2N4O2S/c1-26(24)22-6-10-7-23(8-16(10)21)12-5-15(20)17(25-9-12)13-4-11(18)2-3-14(13)19/h2-4,6,12,15,17H,5,7-9,20-21H2,1H3/t12?,15?,17-,26?/m1/s1. The van der Waals surface area contributed by atoms with Gasteiger partial charge in [0.25, 0.3) is 0 Å². The number of benzene rings is 1. The third-order valence-electron chi connectivity index (χ3n) is 4.70. The van der Waals surface area contributed by atoms with E-state index in [2.05, 4.69) is 9.30 Å². The quantitative estimate of drug-likeness (QED) is 0.596. The van der Waals surface area contributed by atoms with E-state index >= 15 is 0 Å². The molecule has 1 aromatic rings. The van der Waals surface area contributed by atoms with Crippen molar-refractivity contribution in [3.8, 4) is 0 Å². The van der Waals surface area contributed by atoms with Crippen molar-refractivity contribution >= 4 is 17.6 Å². The Balaban J connectivity index is 1.64. The molecule has 4 atom stereocenters. The van der Waals surface area contributed by atoms with E-state index in [1.165, 1.54) is 6.26 Å². The Labute approximate surface area is 154 Å². The van der Waals surface area contributed by atoms with Crippen LogP contribution in [0.4, 0.5) is 8.78 Å². The van der Waals surface area contributed by atoms with Crippen LogP contribution in [0, 0.1) is 11.6 Å². The molecule has 9 heteroatoms. The summed E-state index contributed by atoms with van der Waals surface area (Å²) in [6.45, 7) is 1.44. The molecule has 2 aliphatic rings. The summed E-state index contributed by atoms with van der Waals surface area (Å²) in [5.41, 5.74) is 13.9. The van der Waals surface area contributed by atoms with Crippen LogP contribution in [0.1, 0.15) is 18.1 Å². The van der Waals surface area contributed by atoms with Gasteiger partial charge in [0.15, 0.2) is 0 Å². The van der Waals surface area contributed by atoms with E-state index in [0.717, 1.165) is 23.8 Å². The number of nitrogens with two attached hydrogens (primary N) is 2. The highest BCUT2D eigenvalue weighted by atomic mass is 32.2. The molecule has 0 radical (unpaired) electrons. The predicted octanol–water partition coefficient (Wildman–Crippen LogP) is 1.01. The molecule has 6 nitrogen and oxygen atoms in total. The van der Waals surface area contributed by atoms with E-state index in [0.29, 0.717) is 31.8 Å². The van der Waals surface area contributed by atoms with E-state index in [1.54, 1.807) is 6.21 Å². The van der Waals surface area contributed by atoms with Gasteiger partial charge in [-0.15, -0.1) is 0 Å². The lowest BCUT2D eigenvalue weighted by atomic mass is 9.93. The minimum atomic E-state index is -1.28. The van der Waals surface area contributed by atoms with Crippen LogP contribution in [0.5, 0.6) is 0 Å². The molecule has 26 heavy (non-hydrogen) atoms. The maximum Gasteiger partial charge on any atom is 0.129 e. The SMILES string of the molecule is C[S+]([O-])N=CC1=C(N)CN(C2CO[C@H](c3cc(F)ccc3F)C(N)C2)C1. The van der Waals surface area contributed by atoms with Crippen molar-refractivity contribution < 1.29 is 18.1 Å². The topological polar surface area (TPSA) is 99.9 Å². The largest absolute Gasteiger partial charge is 0.592 e. The Hall–Kier alpha value is -1.52. The van der Waals surface area contributed by atoms with Crippen molar-refractivity contribution in [1.82, 2.24) is 4.90 Å². The molecule has 0 spiro atoms. The van der Waals surface area contributed by atoms with Crippen LogP contribution in [0.2, 0.25) is 0 Å². The average molecular weight is 384 g/mol. The average Bonchev–Trinajstić information content (AvgIpc) is 2.96. The molecule has 1 fully saturated rings. The van der Waals surface area contributed by atoms with Crippen LogP contribution in [0.25, 0.3) is 0 Å². The molecule has 0 saturated carbocycles. The summed E-state index contributed by atoms with van der Waals surface area (Å²) in [4.78, 5) is 2.10. The Morgan fingerprint density at radius 3 is 2.85 bits per heavy atom. The molecule has 0 amide bonds. The molecule has 0 bridgehead atoms. The van der Waals surface area contributed by atoms with Gasteiger partial charge in [0, 0.05) is 42.0 Å². The van der Waals surface area contributed by atoms with Crippen LogP contribution >= 0.6 is 0 Å². The summed E-state index contributed by atoms with van der Waals surface area (Å²) in [6.07, 6.45) is 2.91. The number of ether oxygens (including phenoxy) is 1. The third kappa shape index (κ3) is 4.24. The van der Waals surface area contributed by atoms with Gasteiger partial charge in [-0.05, 0) is 24.6 Å². The van der Waals surface area contributed by atoms with Gasteiger partial charge in [-0.2, -0.15) is 0 Å². The van der Waals surface area contributed by atoms with Crippen LogP contribution in [0.15, 0.2) is 33.9 Å². The van der Waals surface area contributed by atoms with Crippen molar-refractivity contribution in [3.05, 3.63) is 46.7 Å². The monoisotopic (exact) mass is 384 g/mol. The number of nitrogens with zero attached hydrogens (tertiary/aromatic N) is 2. The lowest BCUT2D eigenvalue weighted by Crippen LogP contribution is -2.49. The minimum Gasteiger partial charge on any atom is -0.592 e. The minimum absolute atomic E-state index is 0.00874. The number of halogens is 2. The molecule has 1 saturated heterocycles. The fourth-order valence-corrected chi connectivity index (χ4v) is 3.64. The summed E-state index contributed by atoms with van der Waals surface area (Å²) in [7, 11) is 0. The normalized spacial score (nSPS) is 28.9. The molecule has 4 N–H and O–H groups in total. The fraction of sp³-hybridized carbons (Fsp3) is 0.471. The second kappa shape index (κ2) is 8.01. The lowest BCUT2D eigenvalue weighted by molar-refractivity contribution is -0.0463. The van der Waals surface area contributed by atoms with Crippen molar-refractivity contribution in [3.63, 3.8) is 0 Å². The van der Waals surface area contributed by atoms with E-state index in [-0.39, 0.29) is 11.6 Å². The van der Waals surface area contributed by atoms with E-state index in [4.69, 9.17) is 16.2 Å². The molecule has 3 unspecified atom stereocenters. The summed E-state index contributed by atoms with van der Waals surface area (Å²) in [6, 6.07) is 2.83. The van der Waals surface area contributed by atoms with Crippen molar-refractivity contribution in [2.45, 2.75) is 24.6 Å². The Morgan fingerprint density at radius 1 is 1.38 bits per heavy atom. The first kappa shape index (κ1) is 19.2. The fourth-order valence-electron chi connectivity index (χ4n) is 3.37. The molecule has 2 aliphatic heterocycles. The number of hydrogen-bond donors (Lipinski definition) is 2. The molecule has 3 rings (SSSR count). The van der Waals surface area contributed by atoms with Gasteiger partial charge in [0.05, 0.1) is 24.2 Å². The van der Waals surface area contributed by atoms with E-state index < -0.39 is 35.1 Å². The zero-order valence-corrected chi connectivity index (χ0v) is 15.2. The first-order valence-electron chi connectivity index (χ1n) is 8.26. The first-order valence-corrected chi connectivity index (χ1v) is 9.78. The van der Waals surface area contributed by atoms with Gasteiger partial charge in [-0.3, -0.25) is 4.90 Å². The highest BCUT2D eigenvalue weighted by Gasteiger charge is 2.36. The summed E-state index contributed by atoms with van der Waals surface area (Å²) in [5, 5.41) is 0. The Morgan fingerprint density at radius 2 is 2.15 bits per heavy atom. The van der Waals surface area contributed by atoms with E-state index in [9.17, 15) is 13.3 Å². The third-order valence-corrected chi connectivity index (χ3v) is 5.10. The van der Waals surface area contributed by atoms with Gasteiger partial charge in [0.2, 0.25) is 0 Å².